The number of hydrogen-bond acceptors (Lipinski definition) is 2. The Hall–Kier alpha value is -3.24. The molecule has 4 aromatic rings. The Balaban J connectivity index is 1.60. The molecule has 3 nitrogen and oxygen atoms in total. The molecule has 0 bridgehead atoms. The summed E-state index contributed by atoms with van der Waals surface area (Å²) in [6.07, 6.45) is 0. The lowest BCUT2D eigenvalue weighted by molar-refractivity contribution is 0.0977. The minimum Gasteiger partial charge on any atom is -0.318 e. The van der Waals surface area contributed by atoms with Crippen molar-refractivity contribution in [3.8, 4) is 0 Å². The molecule has 4 rings (SSSR count). The molecule has 0 aliphatic rings. The summed E-state index contributed by atoms with van der Waals surface area (Å²) in [5, 5.41) is 7.67. The molecule has 0 aromatic heterocycles. The molecular formula is C24H20N2OS. The zero-order valence-corrected chi connectivity index (χ0v) is 16.4. The van der Waals surface area contributed by atoms with Crippen molar-refractivity contribution < 1.29 is 4.79 Å². The van der Waals surface area contributed by atoms with E-state index in [9.17, 15) is 4.79 Å². The van der Waals surface area contributed by atoms with Gasteiger partial charge in [-0.1, -0.05) is 66.7 Å². The van der Waals surface area contributed by atoms with Gasteiger partial charge in [-0.25, -0.2) is 0 Å². The Morgan fingerprint density at radius 3 is 2.32 bits per heavy atom. The van der Waals surface area contributed by atoms with Gasteiger partial charge >= 0.3 is 0 Å². The number of carbonyl (C=O) groups is 1. The van der Waals surface area contributed by atoms with Crippen LogP contribution in [0.4, 0.5) is 5.69 Å². The lowest BCUT2D eigenvalue weighted by Gasteiger charge is -2.25. The van der Waals surface area contributed by atoms with E-state index >= 15 is 0 Å². The Bertz CT molecular complexity index is 1180. The highest BCUT2D eigenvalue weighted by Gasteiger charge is 2.16. The fraction of sp³-hybridized carbons (Fsp3) is 0.0833. The molecule has 4 aromatic carbocycles. The van der Waals surface area contributed by atoms with Gasteiger partial charge in [0.25, 0.3) is 5.91 Å². The van der Waals surface area contributed by atoms with Crippen LogP contribution in [0.25, 0.3) is 21.5 Å². The van der Waals surface area contributed by atoms with Crippen LogP contribution < -0.4 is 10.2 Å². The van der Waals surface area contributed by atoms with Crippen LogP contribution >= 0.6 is 12.2 Å². The summed E-state index contributed by atoms with van der Waals surface area (Å²) in [5.41, 5.74) is 1.58. The van der Waals surface area contributed by atoms with E-state index in [1.54, 1.807) is 0 Å². The van der Waals surface area contributed by atoms with Gasteiger partial charge in [-0.05, 0) is 53.5 Å². The SMILES string of the molecule is CCN(C(=S)NC(=O)c1ccc2ccccc2c1)c1cccc2ccccc12. The maximum atomic E-state index is 12.8. The fourth-order valence-corrected chi connectivity index (χ4v) is 3.75. The smallest absolute Gasteiger partial charge is 0.257 e. The molecular weight excluding hydrogens is 364 g/mol. The van der Waals surface area contributed by atoms with Crippen molar-refractivity contribution in [1.82, 2.24) is 5.32 Å². The molecule has 0 spiro atoms. The highest BCUT2D eigenvalue weighted by molar-refractivity contribution is 7.80. The van der Waals surface area contributed by atoms with Gasteiger partial charge in [0.05, 0.1) is 5.69 Å². The van der Waals surface area contributed by atoms with Gasteiger partial charge in [0.2, 0.25) is 0 Å². The van der Waals surface area contributed by atoms with Crippen LogP contribution in [0.5, 0.6) is 0 Å². The number of carbonyl (C=O) groups excluding carboxylic acids is 1. The predicted molar refractivity (Wildman–Crippen MR) is 121 cm³/mol. The lowest BCUT2D eigenvalue weighted by Crippen LogP contribution is -2.42. The Morgan fingerprint density at radius 2 is 1.54 bits per heavy atom. The van der Waals surface area contributed by atoms with E-state index in [2.05, 4.69) is 23.5 Å². The van der Waals surface area contributed by atoms with E-state index in [0.717, 1.165) is 27.2 Å². The number of nitrogens with zero attached hydrogens (tertiary/aromatic N) is 1. The zero-order chi connectivity index (χ0) is 19.5. The number of nitrogens with one attached hydrogen (secondary N) is 1. The van der Waals surface area contributed by atoms with Gasteiger partial charge in [0.15, 0.2) is 5.11 Å². The molecule has 0 unspecified atom stereocenters. The maximum absolute atomic E-state index is 12.8. The first kappa shape index (κ1) is 18.1. The zero-order valence-electron chi connectivity index (χ0n) is 15.6. The molecule has 0 heterocycles. The molecule has 1 amide bonds. The Labute approximate surface area is 169 Å². The second-order valence-corrected chi connectivity index (χ2v) is 6.95. The van der Waals surface area contributed by atoms with Crippen molar-refractivity contribution in [2.45, 2.75) is 6.92 Å². The minimum absolute atomic E-state index is 0.200. The standard InChI is InChI=1S/C24H20N2OS/c1-2-26(22-13-7-11-18-9-5-6-12-21(18)22)24(28)25-23(27)20-15-14-17-8-3-4-10-19(17)16-20/h3-16H,2H2,1H3,(H,25,27,28). The molecule has 0 aliphatic heterocycles. The molecule has 0 atom stereocenters. The minimum atomic E-state index is -0.200. The van der Waals surface area contributed by atoms with Crippen LogP contribution in [0.1, 0.15) is 17.3 Å². The highest BCUT2D eigenvalue weighted by Crippen LogP contribution is 2.26. The number of hydrogen-bond donors (Lipinski definition) is 1. The molecule has 28 heavy (non-hydrogen) atoms. The van der Waals surface area contributed by atoms with E-state index in [0.29, 0.717) is 17.2 Å². The molecule has 1 N–H and O–H groups in total. The predicted octanol–water partition coefficient (Wildman–Crippen LogP) is 5.53. The molecule has 138 valence electrons. The van der Waals surface area contributed by atoms with Crippen molar-refractivity contribution in [2.75, 3.05) is 11.4 Å². The number of thiocarbonyl (C=S) groups is 1. The Kier molecular flexibility index (Phi) is 5.04. The first-order valence-electron chi connectivity index (χ1n) is 9.27. The van der Waals surface area contributed by atoms with Gasteiger partial charge in [-0.3, -0.25) is 10.1 Å². The fourth-order valence-electron chi connectivity index (χ4n) is 3.43. The summed E-state index contributed by atoms with van der Waals surface area (Å²) in [5.74, 6) is -0.200. The second kappa shape index (κ2) is 7.79. The van der Waals surface area contributed by atoms with Crippen molar-refractivity contribution >= 4 is 50.5 Å². The Morgan fingerprint density at radius 1 is 0.857 bits per heavy atom. The molecule has 0 fully saturated rings. The summed E-state index contributed by atoms with van der Waals surface area (Å²) in [7, 11) is 0. The van der Waals surface area contributed by atoms with Gasteiger partial charge < -0.3 is 4.90 Å². The first-order valence-corrected chi connectivity index (χ1v) is 9.67. The average Bonchev–Trinajstić information content (AvgIpc) is 2.74. The highest BCUT2D eigenvalue weighted by atomic mass is 32.1. The van der Waals surface area contributed by atoms with Crippen LogP contribution in [0.2, 0.25) is 0 Å². The summed E-state index contributed by atoms with van der Waals surface area (Å²) in [6.45, 7) is 2.68. The van der Waals surface area contributed by atoms with Crippen molar-refractivity contribution in [2.24, 2.45) is 0 Å². The summed E-state index contributed by atoms with van der Waals surface area (Å²) < 4.78 is 0. The third-order valence-electron chi connectivity index (χ3n) is 4.85. The largest absolute Gasteiger partial charge is 0.318 e. The van der Waals surface area contributed by atoms with Crippen LogP contribution in [0.15, 0.2) is 84.9 Å². The van der Waals surface area contributed by atoms with Gasteiger partial charge in [-0.15, -0.1) is 0 Å². The van der Waals surface area contributed by atoms with E-state index in [1.165, 1.54) is 0 Å². The normalized spacial score (nSPS) is 10.8. The maximum Gasteiger partial charge on any atom is 0.257 e. The van der Waals surface area contributed by atoms with Gasteiger partial charge in [-0.2, -0.15) is 0 Å². The van der Waals surface area contributed by atoms with E-state index in [4.69, 9.17) is 12.2 Å². The number of fused-ring (bicyclic) bond motifs is 2. The summed E-state index contributed by atoms with van der Waals surface area (Å²) in [4.78, 5) is 14.7. The van der Waals surface area contributed by atoms with Crippen LogP contribution in [-0.4, -0.2) is 17.6 Å². The van der Waals surface area contributed by atoms with Crippen molar-refractivity contribution in [3.05, 3.63) is 90.5 Å². The first-order chi connectivity index (χ1) is 13.7. The van der Waals surface area contributed by atoms with Crippen molar-refractivity contribution in [1.29, 1.82) is 0 Å². The molecule has 0 radical (unpaired) electrons. The molecule has 0 saturated heterocycles. The summed E-state index contributed by atoms with van der Waals surface area (Å²) in [6, 6.07) is 27.9. The number of benzene rings is 4. The van der Waals surface area contributed by atoms with Gasteiger partial charge in [0.1, 0.15) is 0 Å². The number of rotatable bonds is 3. The average molecular weight is 385 g/mol. The van der Waals surface area contributed by atoms with Crippen LogP contribution in [-0.2, 0) is 0 Å². The lowest BCUT2D eigenvalue weighted by atomic mass is 10.1. The molecule has 4 heteroatoms. The summed E-state index contributed by atoms with van der Waals surface area (Å²) >= 11 is 5.59. The third kappa shape index (κ3) is 3.47. The monoisotopic (exact) mass is 384 g/mol. The molecule has 0 aliphatic carbocycles. The second-order valence-electron chi connectivity index (χ2n) is 6.56. The van der Waals surface area contributed by atoms with Crippen molar-refractivity contribution in [3.63, 3.8) is 0 Å². The molecule has 0 saturated carbocycles. The van der Waals surface area contributed by atoms with E-state index in [1.807, 2.05) is 78.6 Å². The number of amides is 1. The van der Waals surface area contributed by atoms with Gasteiger partial charge in [0, 0.05) is 17.5 Å². The third-order valence-corrected chi connectivity index (χ3v) is 5.17. The van der Waals surface area contributed by atoms with E-state index < -0.39 is 0 Å². The van der Waals surface area contributed by atoms with Crippen LogP contribution in [0.3, 0.4) is 0 Å². The number of anilines is 1. The van der Waals surface area contributed by atoms with Crippen LogP contribution in [0, 0.1) is 0 Å². The quantitative estimate of drug-likeness (QED) is 0.471. The topological polar surface area (TPSA) is 32.3 Å². The van der Waals surface area contributed by atoms with E-state index in [-0.39, 0.29) is 5.91 Å².